The Bertz CT molecular complexity index is 741. The van der Waals surface area contributed by atoms with Crippen molar-refractivity contribution in [3.63, 3.8) is 0 Å². The molecule has 2 rings (SSSR count). The summed E-state index contributed by atoms with van der Waals surface area (Å²) in [6.07, 6.45) is 13.4. The van der Waals surface area contributed by atoms with E-state index in [2.05, 4.69) is 31.2 Å². The fourth-order valence-corrected chi connectivity index (χ4v) is 3.68. The summed E-state index contributed by atoms with van der Waals surface area (Å²) in [6, 6.07) is 16.3. The molecule has 0 saturated carbocycles. The molecule has 0 aliphatic heterocycles. The maximum absolute atomic E-state index is 12.0. The molecule has 0 saturated heterocycles. The zero-order valence-electron chi connectivity index (χ0n) is 18.2. The van der Waals surface area contributed by atoms with E-state index in [1.807, 2.05) is 24.3 Å². The highest BCUT2D eigenvalue weighted by atomic mass is 16.1. The van der Waals surface area contributed by atoms with E-state index in [0.29, 0.717) is 5.56 Å². The van der Waals surface area contributed by atoms with Crippen LogP contribution in [0.15, 0.2) is 48.5 Å². The van der Waals surface area contributed by atoms with Crippen LogP contribution in [0, 0.1) is 0 Å². The molecule has 2 heteroatoms. The quantitative estimate of drug-likeness (QED) is 0.188. The Morgan fingerprint density at radius 3 is 1.66 bits per heavy atom. The SMILES string of the molecule is CCCCCCCCCCCc1ccc(-c2ccc(C(=O)CC(C)=O)cc2)cc1. The van der Waals surface area contributed by atoms with Gasteiger partial charge in [0.1, 0.15) is 5.78 Å². The highest BCUT2D eigenvalue weighted by Crippen LogP contribution is 2.22. The van der Waals surface area contributed by atoms with Gasteiger partial charge in [0.25, 0.3) is 0 Å². The molecule has 0 spiro atoms. The normalized spacial score (nSPS) is 10.8. The maximum atomic E-state index is 12.0. The van der Waals surface area contributed by atoms with Crippen molar-refractivity contribution in [2.45, 2.75) is 84.5 Å². The number of unbranched alkanes of at least 4 members (excludes halogenated alkanes) is 8. The molecule has 156 valence electrons. The average Bonchev–Trinajstić information content (AvgIpc) is 2.73. The molecule has 0 radical (unpaired) electrons. The van der Waals surface area contributed by atoms with Gasteiger partial charge in [-0.15, -0.1) is 0 Å². The van der Waals surface area contributed by atoms with Gasteiger partial charge in [0.05, 0.1) is 6.42 Å². The van der Waals surface area contributed by atoms with Crippen LogP contribution in [0.3, 0.4) is 0 Å². The molecule has 0 amide bonds. The first-order chi connectivity index (χ1) is 14.1. The third kappa shape index (κ3) is 8.77. The highest BCUT2D eigenvalue weighted by Gasteiger charge is 2.08. The van der Waals surface area contributed by atoms with Gasteiger partial charge in [0.15, 0.2) is 5.78 Å². The first-order valence-electron chi connectivity index (χ1n) is 11.3. The van der Waals surface area contributed by atoms with Crippen molar-refractivity contribution in [2.24, 2.45) is 0 Å². The fourth-order valence-electron chi connectivity index (χ4n) is 3.68. The van der Waals surface area contributed by atoms with E-state index in [-0.39, 0.29) is 18.0 Å². The van der Waals surface area contributed by atoms with Gasteiger partial charge in [0, 0.05) is 5.56 Å². The smallest absolute Gasteiger partial charge is 0.170 e. The lowest BCUT2D eigenvalue weighted by Crippen LogP contribution is -2.04. The van der Waals surface area contributed by atoms with Gasteiger partial charge in [-0.05, 0) is 36.5 Å². The van der Waals surface area contributed by atoms with Crippen LogP contribution in [0.2, 0.25) is 0 Å². The number of hydrogen-bond donors (Lipinski definition) is 0. The van der Waals surface area contributed by atoms with Crippen molar-refractivity contribution in [3.05, 3.63) is 59.7 Å². The Labute approximate surface area is 176 Å². The lowest BCUT2D eigenvalue weighted by molar-refractivity contribution is -0.116. The Balaban J connectivity index is 1.73. The maximum Gasteiger partial charge on any atom is 0.170 e. The van der Waals surface area contributed by atoms with E-state index in [4.69, 9.17) is 0 Å². The molecule has 0 bridgehead atoms. The molecule has 2 nitrogen and oxygen atoms in total. The predicted octanol–water partition coefficient (Wildman–Crippen LogP) is 7.59. The predicted molar refractivity (Wildman–Crippen MR) is 122 cm³/mol. The van der Waals surface area contributed by atoms with Crippen molar-refractivity contribution in [3.8, 4) is 11.1 Å². The minimum absolute atomic E-state index is 0.0209. The number of benzene rings is 2. The van der Waals surface area contributed by atoms with Crippen molar-refractivity contribution in [1.29, 1.82) is 0 Å². The third-order valence-corrected chi connectivity index (χ3v) is 5.47. The Morgan fingerprint density at radius 1 is 0.655 bits per heavy atom. The van der Waals surface area contributed by atoms with E-state index in [9.17, 15) is 9.59 Å². The van der Waals surface area contributed by atoms with Gasteiger partial charge in [-0.1, -0.05) is 107 Å². The lowest BCUT2D eigenvalue weighted by Gasteiger charge is -2.06. The summed E-state index contributed by atoms with van der Waals surface area (Å²) in [4.78, 5) is 23.1. The third-order valence-electron chi connectivity index (χ3n) is 5.47. The van der Waals surface area contributed by atoms with Crippen LogP contribution in [-0.2, 0) is 11.2 Å². The summed E-state index contributed by atoms with van der Waals surface area (Å²) in [5.41, 5.74) is 4.25. The van der Waals surface area contributed by atoms with Crippen LogP contribution in [0.25, 0.3) is 11.1 Å². The largest absolute Gasteiger partial charge is 0.300 e. The van der Waals surface area contributed by atoms with E-state index >= 15 is 0 Å². The van der Waals surface area contributed by atoms with Crippen molar-refractivity contribution in [1.82, 2.24) is 0 Å². The van der Waals surface area contributed by atoms with Crippen LogP contribution in [0.1, 0.15) is 94.0 Å². The molecule has 29 heavy (non-hydrogen) atoms. The van der Waals surface area contributed by atoms with E-state index < -0.39 is 0 Å². The topological polar surface area (TPSA) is 34.1 Å². The molecule has 0 aliphatic carbocycles. The summed E-state index contributed by atoms with van der Waals surface area (Å²) >= 11 is 0. The van der Waals surface area contributed by atoms with Crippen LogP contribution < -0.4 is 0 Å². The van der Waals surface area contributed by atoms with Gasteiger partial charge < -0.3 is 0 Å². The van der Waals surface area contributed by atoms with Gasteiger partial charge in [-0.25, -0.2) is 0 Å². The second kappa shape index (κ2) is 13.1. The van der Waals surface area contributed by atoms with Gasteiger partial charge in [-0.3, -0.25) is 9.59 Å². The van der Waals surface area contributed by atoms with E-state index in [1.165, 1.54) is 70.3 Å². The molecule has 0 fully saturated rings. The molecular weight excluding hydrogens is 356 g/mol. The first-order valence-corrected chi connectivity index (χ1v) is 11.3. The minimum Gasteiger partial charge on any atom is -0.300 e. The summed E-state index contributed by atoms with van der Waals surface area (Å²) < 4.78 is 0. The standard InChI is InChI=1S/C27H36O2/c1-3-4-5-6-7-8-9-10-11-12-23-13-15-24(16-14-23)25-17-19-26(20-18-25)27(29)21-22(2)28/h13-20H,3-12,21H2,1-2H3. The van der Waals surface area contributed by atoms with Crippen molar-refractivity contribution in [2.75, 3.05) is 0 Å². The number of hydrogen-bond acceptors (Lipinski definition) is 2. The Kier molecular flexibility index (Phi) is 10.4. The van der Waals surface area contributed by atoms with Gasteiger partial charge in [-0.2, -0.15) is 0 Å². The molecule has 0 aromatic heterocycles. The van der Waals surface area contributed by atoms with Crippen LogP contribution >= 0.6 is 0 Å². The second-order valence-electron chi connectivity index (χ2n) is 8.15. The first kappa shape index (κ1) is 23.1. The molecule has 0 atom stereocenters. The Hall–Kier alpha value is -2.22. The fraction of sp³-hybridized carbons (Fsp3) is 0.481. The number of carbonyl (C=O) groups excluding carboxylic acids is 2. The Morgan fingerprint density at radius 2 is 1.14 bits per heavy atom. The summed E-state index contributed by atoms with van der Waals surface area (Å²) in [7, 11) is 0. The van der Waals surface area contributed by atoms with Crippen LogP contribution in [-0.4, -0.2) is 11.6 Å². The van der Waals surface area contributed by atoms with Crippen LogP contribution in [0.4, 0.5) is 0 Å². The monoisotopic (exact) mass is 392 g/mol. The zero-order chi connectivity index (χ0) is 20.9. The number of Topliss-reactive ketones (excluding diaryl/α,β-unsaturated/α-hetero) is 2. The molecule has 0 unspecified atom stereocenters. The molecular formula is C27H36O2. The molecule has 0 heterocycles. The van der Waals surface area contributed by atoms with Crippen molar-refractivity contribution >= 4 is 11.6 Å². The second-order valence-corrected chi connectivity index (χ2v) is 8.15. The summed E-state index contributed by atoms with van der Waals surface area (Å²) in [5, 5.41) is 0. The van der Waals surface area contributed by atoms with E-state index in [1.54, 1.807) is 0 Å². The number of carbonyl (C=O) groups is 2. The average molecular weight is 393 g/mol. The minimum atomic E-state index is -0.111. The highest BCUT2D eigenvalue weighted by molar-refractivity contribution is 6.07. The molecule has 0 aliphatic rings. The zero-order valence-corrected chi connectivity index (χ0v) is 18.2. The van der Waals surface area contributed by atoms with E-state index in [0.717, 1.165) is 17.5 Å². The number of rotatable bonds is 14. The molecule has 2 aromatic rings. The number of ketones is 2. The number of aryl methyl sites for hydroxylation is 1. The van der Waals surface area contributed by atoms with Crippen molar-refractivity contribution < 1.29 is 9.59 Å². The van der Waals surface area contributed by atoms with Gasteiger partial charge in [0.2, 0.25) is 0 Å². The summed E-state index contributed by atoms with van der Waals surface area (Å²) in [5.74, 6) is -0.206. The lowest BCUT2D eigenvalue weighted by atomic mass is 9.98. The van der Waals surface area contributed by atoms with Crippen LogP contribution in [0.5, 0.6) is 0 Å². The molecule has 0 N–H and O–H groups in total. The summed E-state index contributed by atoms with van der Waals surface area (Å²) in [6.45, 7) is 3.71. The van der Waals surface area contributed by atoms with Gasteiger partial charge >= 0.3 is 0 Å². The molecule has 2 aromatic carbocycles.